The normalized spacial score (nSPS) is 21.6. The highest BCUT2D eigenvalue weighted by Crippen LogP contribution is 2.35. The number of hydrogen-bond donors (Lipinski definition) is 1. The number of piperazine rings is 1. The minimum absolute atomic E-state index is 0.299. The molecule has 0 spiro atoms. The van der Waals surface area contributed by atoms with Crippen LogP contribution in [0.2, 0.25) is 0 Å². The second kappa shape index (κ2) is 5.84. The molecule has 1 amide bonds. The second-order valence-corrected chi connectivity index (χ2v) is 5.76. The summed E-state index contributed by atoms with van der Waals surface area (Å²) < 4.78 is 5.70. The first kappa shape index (κ1) is 14.0. The van der Waals surface area contributed by atoms with E-state index in [1.54, 1.807) is 0 Å². The number of para-hydroxylation sites is 1. The highest BCUT2D eigenvalue weighted by atomic mass is 16.5. The Morgan fingerprint density at radius 3 is 3.05 bits per heavy atom. The van der Waals surface area contributed by atoms with Gasteiger partial charge in [-0.25, -0.2) is 0 Å². The van der Waals surface area contributed by atoms with E-state index in [0.29, 0.717) is 30.7 Å². The van der Waals surface area contributed by atoms with Crippen LogP contribution in [0.1, 0.15) is 26.2 Å². The molecule has 2 saturated heterocycles. The van der Waals surface area contributed by atoms with Gasteiger partial charge in [-0.1, -0.05) is 13.0 Å². The van der Waals surface area contributed by atoms with Crippen molar-refractivity contribution >= 4 is 17.3 Å². The number of amides is 1. The van der Waals surface area contributed by atoms with Crippen molar-refractivity contribution in [3.8, 4) is 5.75 Å². The van der Waals surface area contributed by atoms with E-state index < -0.39 is 0 Å². The summed E-state index contributed by atoms with van der Waals surface area (Å²) >= 11 is 0. The Bertz CT molecular complexity index is 532. The Balaban J connectivity index is 1.76. The second-order valence-electron chi connectivity index (χ2n) is 5.76. The predicted octanol–water partition coefficient (Wildman–Crippen LogP) is 1.87. The summed E-state index contributed by atoms with van der Waals surface area (Å²) in [5, 5.41) is 0. The van der Waals surface area contributed by atoms with Gasteiger partial charge in [-0.15, -0.1) is 0 Å². The maximum absolute atomic E-state index is 11.8. The van der Waals surface area contributed by atoms with Crippen molar-refractivity contribution < 1.29 is 9.53 Å². The molecule has 0 saturated carbocycles. The zero-order valence-electron chi connectivity index (χ0n) is 12.5. The molecule has 0 radical (unpaired) electrons. The Kier molecular flexibility index (Phi) is 3.90. The lowest BCUT2D eigenvalue weighted by Crippen LogP contribution is -2.51. The van der Waals surface area contributed by atoms with Crippen molar-refractivity contribution in [1.82, 2.24) is 4.90 Å². The quantitative estimate of drug-likeness (QED) is 0.860. The number of carbonyl (C=O) groups excluding carboxylic acids is 1. The molecule has 1 unspecified atom stereocenters. The van der Waals surface area contributed by atoms with Crippen molar-refractivity contribution in [1.29, 1.82) is 0 Å². The first-order valence-corrected chi connectivity index (χ1v) is 7.76. The Morgan fingerprint density at radius 2 is 2.24 bits per heavy atom. The Labute approximate surface area is 125 Å². The number of fused-ring (bicyclic) bond motifs is 1. The van der Waals surface area contributed by atoms with Gasteiger partial charge >= 0.3 is 0 Å². The van der Waals surface area contributed by atoms with Crippen LogP contribution in [0.15, 0.2) is 18.2 Å². The van der Waals surface area contributed by atoms with E-state index in [1.165, 1.54) is 0 Å². The largest absolute Gasteiger partial charge is 0.491 e. The number of carbonyl (C=O) groups is 1. The number of benzene rings is 1. The molecule has 2 N–H and O–H groups in total. The van der Waals surface area contributed by atoms with Gasteiger partial charge in [-0.2, -0.15) is 0 Å². The minimum Gasteiger partial charge on any atom is -0.491 e. The fourth-order valence-corrected chi connectivity index (χ4v) is 3.23. The highest BCUT2D eigenvalue weighted by Gasteiger charge is 2.35. The van der Waals surface area contributed by atoms with E-state index in [0.717, 1.165) is 43.9 Å². The molecule has 114 valence electrons. The maximum Gasteiger partial charge on any atom is 0.223 e. The molecule has 0 bridgehead atoms. The fourth-order valence-electron chi connectivity index (χ4n) is 3.23. The van der Waals surface area contributed by atoms with Gasteiger partial charge in [0, 0.05) is 32.1 Å². The number of nitrogens with zero attached hydrogens (tertiary/aromatic N) is 2. The SMILES string of the molecule is CCCOc1cccc(N2CCN3C(=O)CCC3C2)c1N. The highest BCUT2D eigenvalue weighted by molar-refractivity contribution is 5.80. The van der Waals surface area contributed by atoms with Crippen molar-refractivity contribution in [3.05, 3.63) is 18.2 Å². The van der Waals surface area contributed by atoms with Crippen molar-refractivity contribution in [3.63, 3.8) is 0 Å². The number of nitrogens with two attached hydrogens (primary N) is 1. The first-order chi connectivity index (χ1) is 10.2. The van der Waals surface area contributed by atoms with Crippen LogP contribution in [0.3, 0.4) is 0 Å². The van der Waals surface area contributed by atoms with Gasteiger partial charge < -0.3 is 20.3 Å². The van der Waals surface area contributed by atoms with Crippen LogP contribution < -0.4 is 15.4 Å². The van der Waals surface area contributed by atoms with Crippen LogP contribution in [-0.4, -0.2) is 43.1 Å². The Hall–Kier alpha value is -1.91. The lowest BCUT2D eigenvalue weighted by atomic mass is 10.1. The number of ether oxygens (including phenoxy) is 1. The molecule has 1 atom stereocenters. The molecular formula is C16H23N3O2. The maximum atomic E-state index is 11.8. The Morgan fingerprint density at radius 1 is 1.38 bits per heavy atom. The van der Waals surface area contributed by atoms with E-state index in [9.17, 15) is 4.79 Å². The van der Waals surface area contributed by atoms with Crippen LogP contribution in [0.4, 0.5) is 11.4 Å². The molecule has 3 rings (SSSR count). The van der Waals surface area contributed by atoms with Gasteiger partial charge in [0.25, 0.3) is 0 Å². The summed E-state index contributed by atoms with van der Waals surface area (Å²) in [5.41, 5.74) is 8.01. The van der Waals surface area contributed by atoms with E-state index in [-0.39, 0.29) is 0 Å². The van der Waals surface area contributed by atoms with E-state index >= 15 is 0 Å². The van der Waals surface area contributed by atoms with E-state index in [4.69, 9.17) is 10.5 Å². The zero-order valence-corrected chi connectivity index (χ0v) is 12.5. The van der Waals surface area contributed by atoms with E-state index in [1.807, 2.05) is 23.1 Å². The molecule has 2 heterocycles. The molecule has 5 nitrogen and oxygen atoms in total. The van der Waals surface area contributed by atoms with Crippen molar-refractivity contribution in [2.75, 3.05) is 36.9 Å². The molecule has 2 fully saturated rings. The van der Waals surface area contributed by atoms with Gasteiger partial charge in [0.05, 0.1) is 18.0 Å². The van der Waals surface area contributed by atoms with Gasteiger partial charge in [-0.05, 0) is 25.0 Å². The van der Waals surface area contributed by atoms with E-state index in [2.05, 4.69) is 11.8 Å². The molecule has 2 aliphatic rings. The van der Waals surface area contributed by atoms with Crippen LogP contribution in [0.25, 0.3) is 0 Å². The smallest absolute Gasteiger partial charge is 0.223 e. The zero-order chi connectivity index (χ0) is 14.8. The molecule has 0 aromatic heterocycles. The lowest BCUT2D eigenvalue weighted by molar-refractivity contribution is -0.129. The molecule has 1 aromatic carbocycles. The third-order valence-electron chi connectivity index (χ3n) is 4.34. The summed E-state index contributed by atoms with van der Waals surface area (Å²) in [6, 6.07) is 6.29. The number of rotatable bonds is 4. The molecule has 21 heavy (non-hydrogen) atoms. The first-order valence-electron chi connectivity index (χ1n) is 7.76. The third kappa shape index (κ3) is 2.64. The molecule has 1 aromatic rings. The summed E-state index contributed by atoms with van der Waals surface area (Å²) in [5.74, 6) is 1.06. The van der Waals surface area contributed by atoms with Crippen LogP contribution >= 0.6 is 0 Å². The van der Waals surface area contributed by atoms with Crippen molar-refractivity contribution in [2.24, 2.45) is 0 Å². The fraction of sp³-hybridized carbons (Fsp3) is 0.562. The summed E-state index contributed by atoms with van der Waals surface area (Å²) in [6.45, 7) is 5.26. The monoisotopic (exact) mass is 289 g/mol. The van der Waals surface area contributed by atoms with Crippen molar-refractivity contribution in [2.45, 2.75) is 32.2 Å². The molecule has 0 aliphatic carbocycles. The topological polar surface area (TPSA) is 58.8 Å². The van der Waals surface area contributed by atoms with Gasteiger partial charge in [0.2, 0.25) is 5.91 Å². The number of nitrogen functional groups attached to an aromatic ring is 1. The standard InChI is InChI=1S/C16H23N3O2/c1-2-10-21-14-5-3-4-13(16(14)17)18-8-9-19-12(11-18)6-7-15(19)20/h3-5,12H,2,6-11,17H2,1H3. The van der Waals surface area contributed by atoms with Crippen LogP contribution in [-0.2, 0) is 4.79 Å². The van der Waals surface area contributed by atoms with Gasteiger partial charge in [-0.3, -0.25) is 4.79 Å². The average Bonchev–Trinajstić information content (AvgIpc) is 2.87. The third-order valence-corrected chi connectivity index (χ3v) is 4.34. The summed E-state index contributed by atoms with van der Waals surface area (Å²) in [6.07, 6.45) is 2.61. The molecule has 2 aliphatic heterocycles. The molecular weight excluding hydrogens is 266 g/mol. The lowest BCUT2D eigenvalue weighted by Gasteiger charge is -2.39. The van der Waals surface area contributed by atoms with Gasteiger partial charge in [0.15, 0.2) is 0 Å². The predicted molar refractivity (Wildman–Crippen MR) is 83.6 cm³/mol. The minimum atomic E-state index is 0.299. The summed E-state index contributed by atoms with van der Waals surface area (Å²) in [7, 11) is 0. The van der Waals surface area contributed by atoms with Crippen LogP contribution in [0, 0.1) is 0 Å². The summed E-state index contributed by atoms with van der Waals surface area (Å²) in [4.78, 5) is 16.1. The number of anilines is 2. The van der Waals surface area contributed by atoms with Crippen LogP contribution in [0.5, 0.6) is 5.75 Å². The average molecular weight is 289 g/mol. The molecule has 5 heteroatoms. The van der Waals surface area contributed by atoms with Gasteiger partial charge in [0.1, 0.15) is 5.75 Å². The number of hydrogen-bond acceptors (Lipinski definition) is 4.